The van der Waals surface area contributed by atoms with E-state index in [1.807, 2.05) is 30.4 Å². The molecule has 158 valence electrons. The number of hydrogen-bond donors (Lipinski definition) is 0. The molecule has 7 nitrogen and oxygen atoms in total. The summed E-state index contributed by atoms with van der Waals surface area (Å²) < 4.78 is 29.6. The first-order chi connectivity index (χ1) is 13.8. The van der Waals surface area contributed by atoms with Crippen molar-refractivity contribution < 1.29 is 13.2 Å². The molecule has 0 atom stereocenters. The fourth-order valence-corrected chi connectivity index (χ4v) is 7.02. The van der Waals surface area contributed by atoms with Crippen molar-refractivity contribution in [1.29, 1.82) is 0 Å². The van der Waals surface area contributed by atoms with Gasteiger partial charge >= 0.3 is 0 Å². The zero-order chi connectivity index (χ0) is 20.8. The maximum Gasteiger partial charge on any atom is 0.265 e. The molecule has 0 unspecified atom stereocenters. The molecule has 0 aliphatic carbocycles. The standard InChI is InChI=1S/C20H28N4O3S2/c1-14-18(20(25)23-9-5-4-6-10-23)28-19(21-14)16-13-17(15(2)22(16)3)29(26,27)24-11-7-8-12-24/h13H,4-12H2,1-3H3. The summed E-state index contributed by atoms with van der Waals surface area (Å²) >= 11 is 1.36. The fourth-order valence-electron chi connectivity index (χ4n) is 4.15. The van der Waals surface area contributed by atoms with E-state index in [-0.39, 0.29) is 5.91 Å². The Balaban J connectivity index is 1.68. The molecule has 2 saturated heterocycles. The van der Waals surface area contributed by atoms with Crippen LogP contribution in [0.15, 0.2) is 11.0 Å². The summed E-state index contributed by atoms with van der Waals surface area (Å²) in [6, 6.07) is 1.72. The average Bonchev–Trinajstić information content (AvgIpc) is 3.43. The second-order valence-corrected chi connectivity index (χ2v) is 10.8. The van der Waals surface area contributed by atoms with E-state index in [1.165, 1.54) is 17.8 Å². The van der Waals surface area contributed by atoms with Crippen molar-refractivity contribution in [2.45, 2.75) is 50.8 Å². The van der Waals surface area contributed by atoms with E-state index in [9.17, 15) is 13.2 Å². The molecule has 4 heterocycles. The van der Waals surface area contributed by atoms with Gasteiger partial charge in [-0.3, -0.25) is 4.79 Å². The molecule has 29 heavy (non-hydrogen) atoms. The number of thiazole rings is 1. The largest absolute Gasteiger partial charge is 0.345 e. The number of amides is 1. The molecular formula is C20H28N4O3S2. The molecule has 0 radical (unpaired) electrons. The molecule has 1 amide bonds. The van der Waals surface area contributed by atoms with E-state index in [0.29, 0.717) is 39.3 Å². The Hall–Kier alpha value is -1.71. The van der Waals surface area contributed by atoms with Gasteiger partial charge in [-0.2, -0.15) is 4.31 Å². The Bertz CT molecular complexity index is 1030. The van der Waals surface area contributed by atoms with Crippen molar-refractivity contribution in [3.63, 3.8) is 0 Å². The number of likely N-dealkylation sites (tertiary alicyclic amines) is 1. The van der Waals surface area contributed by atoms with Crippen molar-refractivity contribution in [2.24, 2.45) is 7.05 Å². The molecular weight excluding hydrogens is 408 g/mol. The van der Waals surface area contributed by atoms with Crippen LogP contribution in [0.4, 0.5) is 0 Å². The number of piperidine rings is 1. The van der Waals surface area contributed by atoms with Gasteiger partial charge in [0.05, 0.1) is 11.4 Å². The summed E-state index contributed by atoms with van der Waals surface area (Å²) in [4.78, 5) is 20.5. The van der Waals surface area contributed by atoms with Crippen molar-refractivity contribution in [3.05, 3.63) is 22.3 Å². The van der Waals surface area contributed by atoms with Crippen LogP contribution >= 0.6 is 11.3 Å². The fraction of sp³-hybridized carbons (Fsp3) is 0.600. The van der Waals surface area contributed by atoms with Crippen LogP contribution in [0, 0.1) is 13.8 Å². The number of carbonyl (C=O) groups excluding carboxylic acids is 1. The van der Waals surface area contributed by atoms with Crippen LogP contribution in [0.1, 0.15) is 53.2 Å². The van der Waals surface area contributed by atoms with Gasteiger partial charge in [0, 0.05) is 38.9 Å². The van der Waals surface area contributed by atoms with Crippen LogP contribution in [0.2, 0.25) is 0 Å². The SMILES string of the molecule is Cc1nc(-c2cc(S(=O)(=O)N3CCCC3)c(C)n2C)sc1C(=O)N1CCCCC1. The Morgan fingerprint density at radius 2 is 1.66 bits per heavy atom. The highest BCUT2D eigenvalue weighted by Gasteiger charge is 2.32. The van der Waals surface area contributed by atoms with E-state index in [0.717, 1.165) is 44.5 Å². The van der Waals surface area contributed by atoms with Gasteiger partial charge in [-0.1, -0.05) is 0 Å². The second kappa shape index (κ2) is 7.85. The topological polar surface area (TPSA) is 75.5 Å². The lowest BCUT2D eigenvalue weighted by atomic mass is 10.1. The predicted molar refractivity (Wildman–Crippen MR) is 114 cm³/mol. The molecule has 2 aliphatic heterocycles. The third-order valence-corrected chi connectivity index (χ3v) is 9.21. The highest BCUT2D eigenvalue weighted by atomic mass is 32.2. The molecule has 2 aliphatic rings. The molecule has 2 aromatic rings. The van der Waals surface area contributed by atoms with E-state index in [2.05, 4.69) is 4.98 Å². The molecule has 0 bridgehead atoms. The van der Waals surface area contributed by atoms with Gasteiger partial charge in [0.2, 0.25) is 10.0 Å². The molecule has 0 aromatic carbocycles. The Labute approximate surface area is 176 Å². The van der Waals surface area contributed by atoms with Gasteiger partial charge in [0.25, 0.3) is 5.91 Å². The third-order valence-electron chi connectivity index (χ3n) is 6.02. The highest BCUT2D eigenvalue weighted by Crippen LogP contribution is 2.34. The first-order valence-corrected chi connectivity index (χ1v) is 12.5. The molecule has 2 aromatic heterocycles. The Morgan fingerprint density at radius 1 is 1.03 bits per heavy atom. The monoisotopic (exact) mass is 436 g/mol. The minimum Gasteiger partial charge on any atom is -0.345 e. The Kier molecular flexibility index (Phi) is 5.56. The number of rotatable bonds is 4. The number of aryl methyl sites for hydroxylation is 1. The number of nitrogens with zero attached hydrogens (tertiary/aromatic N) is 4. The van der Waals surface area contributed by atoms with E-state index >= 15 is 0 Å². The maximum atomic E-state index is 13.1. The first kappa shape index (κ1) is 20.6. The number of carbonyl (C=O) groups is 1. The van der Waals surface area contributed by atoms with Crippen LogP contribution in [-0.4, -0.2) is 59.3 Å². The summed E-state index contributed by atoms with van der Waals surface area (Å²) in [7, 11) is -1.64. The summed E-state index contributed by atoms with van der Waals surface area (Å²) in [5.74, 6) is 0.0433. The smallest absolute Gasteiger partial charge is 0.265 e. The lowest BCUT2D eigenvalue weighted by Crippen LogP contribution is -2.35. The highest BCUT2D eigenvalue weighted by molar-refractivity contribution is 7.89. The van der Waals surface area contributed by atoms with Crippen molar-refractivity contribution in [3.8, 4) is 10.7 Å². The minimum atomic E-state index is -3.50. The summed E-state index contributed by atoms with van der Waals surface area (Å²) in [5, 5.41) is 0.691. The van der Waals surface area contributed by atoms with Gasteiger partial charge < -0.3 is 9.47 Å². The second-order valence-electron chi connectivity index (χ2n) is 7.94. The average molecular weight is 437 g/mol. The molecule has 4 rings (SSSR count). The lowest BCUT2D eigenvalue weighted by molar-refractivity contribution is 0.0728. The summed E-state index contributed by atoms with van der Waals surface area (Å²) in [6.45, 7) is 6.44. The van der Waals surface area contributed by atoms with Gasteiger partial charge in [0.1, 0.15) is 14.8 Å². The van der Waals surface area contributed by atoms with Crippen LogP contribution in [0.25, 0.3) is 10.7 Å². The predicted octanol–water partition coefficient (Wildman–Crippen LogP) is 3.18. The molecule has 9 heteroatoms. The third kappa shape index (κ3) is 3.64. The summed E-state index contributed by atoms with van der Waals surface area (Å²) in [6.07, 6.45) is 5.08. The van der Waals surface area contributed by atoms with E-state index in [1.54, 1.807) is 10.4 Å². The number of hydrogen-bond acceptors (Lipinski definition) is 5. The van der Waals surface area contributed by atoms with E-state index < -0.39 is 10.0 Å². The number of aromatic nitrogens is 2. The van der Waals surface area contributed by atoms with Gasteiger partial charge in [-0.05, 0) is 52.0 Å². The minimum absolute atomic E-state index is 0.0433. The van der Waals surface area contributed by atoms with Crippen LogP contribution in [0.3, 0.4) is 0 Å². The molecule has 0 spiro atoms. The summed E-state index contributed by atoms with van der Waals surface area (Å²) in [5.41, 5.74) is 2.15. The maximum absolute atomic E-state index is 13.1. The molecule has 0 saturated carbocycles. The Morgan fingerprint density at radius 3 is 2.31 bits per heavy atom. The normalized spacial score (nSPS) is 18.5. The van der Waals surface area contributed by atoms with E-state index in [4.69, 9.17) is 0 Å². The first-order valence-electron chi connectivity index (χ1n) is 10.2. The van der Waals surface area contributed by atoms with Crippen molar-refractivity contribution in [1.82, 2.24) is 18.8 Å². The van der Waals surface area contributed by atoms with Crippen LogP contribution < -0.4 is 0 Å². The van der Waals surface area contributed by atoms with Crippen molar-refractivity contribution >= 4 is 27.3 Å². The quantitative estimate of drug-likeness (QED) is 0.738. The van der Waals surface area contributed by atoms with Gasteiger partial charge in [0.15, 0.2) is 0 Å². The zero-order valence-electron chi connectivity index (χ0n) is 17.3. The molecule has 2 fully saturated rings. The lowest BCUT2D eigenvalue weighted by Gasteiger charge is -2.26. The zero-order valence-corrected chi connectivity index (χ0v) is 18.9. The van der Waals surface area contributed by atoms with Gasteiger partial charge in [-0.15, -0.1) is 11.3 Å². The van der Waals surface area contributed by atoms with Gasteiger partial charge in [-0.25, -0.2) is 13.4 Å². The van der Waals surface area contributed by atoms with Crippen molar-refractivity contribution in [2.75, 3.05) is 26.2 Å². The van der Waals surface area contributed by atoms with Crippen LogP contribution in [0.5, 0.6) is 0 Å². The van der Waals surface area contributed by atoms with Crippen LogP contribution in [-0.2, 0) is 17.1 Å². The number of sulfonamides is 1. The molecule has 0 N–H and O–H groups in total.